The predicted molar refractivity (Wildman–Crippen MR) is 68.9 cm³/mol. The van der Waals surface area contributed by atoms with E-state index >= 15 is 0 Å². The van der Waals surface area contributed by atoms with Crippen LogP contribution in [0.25, 0.3) is 0 Å². The molecule has 0 saturated carbocycles. The highest BCUT2D eigenvalue weighted by Gasteiger charge is 2.45. The summed E-state index contributed by atoms with van der Waals surface area (Å²) in [4.78, 5) is 13.6. The van der Waals surface area contributed by atoms with Crippen LogP contribution in [-0.4, -0.2) is 37.2 Å². The molecule has 1 aliphatic carbocycles. The zero-order chi connectivity index (χ0) is 13.3. The highest BCUT2D eigenvalue weighted by Crippen LogP contribution is 2.40. The van der Waals surface area contributed by atoms with E-state index < -0.39 is 11.5 Å². The Morgan fingerprint density at radius 3 is 2.72 bits per heavy atom. The third-order valence-electron chi connectivity index (χ3n) is 3.86. The molecule has 1 aromatic carbocycles. The Morgan fingerprint density at radius 1 is 1.44 bits per heavy atom. The summed E-state index contributed by atoms with van der Waals surface area (Å²) in [6.07, 6.45) is 2.44. The van der Waals surface area contributed by atoms with Gasteiger partial charge in [-0.05, 0) is 56.6 Å². The number of carboxylic acids is 1. The number of carboxylic acid groups (broad SMARTS) is 1. The smallest absolute Gasteiger partial charge is 0.328 e. The number of rotatable bonds is 3. The number of benzene rings is 1. The van der Waals surface area contributed by atoms with Gasteiger partial charge in [-0.3, -0.25) is 4.90 Å². The number of aliphatic carboxylic acids is 1. The van der Waals surface area contributed by atoms with Crippen molar-refractivity contribution in [1.29, 1.82) is 0 Å². The first-order valence-electron chi connectivity index (χ1n) is 6.10. The molecule has 98 valence electrons. The molecule has 1 unspecified atom stereocenters. The van der Waals surface area contributed by atoms with Gasteiger partial charge in [0.2, 0.25) is 0 Å². The fraction of sp³-hybridized carbons (Fsp3) is 0.500. The van der Waals surface area contributed by atoms with E-state index in [2.05, 4.69) is 0 Å². The number of hydrogen-bond acceptors (Lipinski definition) is 3. The van der Waals surface area contributed by atoms with Crippen molar-refractivity contribution >= 4 is 5.97 Å². The number of ether oxygens (including phenoxy) is 1. The van der Waals surface area contributed by atoms with Crippen LogP contribution in [0.15, 0.2) is 18.2 Å². The molecule has 0 bridgehead atoms. The Balaban J connectivity index is 2.59. The van der Waals surface area contributed by atoms with Crippen LogP contribution in [0.4, 0.5) is 0 Å². The van der Waals surface area contributed by atoms with Crippen LogP contribution in [0.5, 0.6) is 5.75 Å². The number of hydrogen-bond donors (Lipinski definition) is 1. The zero-order valence-electron chi connectivity index (χ0n) is 11.1. The molecule has 4 heteroatoms. The van der Waals surface area contributed by atoms with Gasteiger partial charge in [0.15, 0.2) is 0 Å². The van der Waals surface area contributed by atoms with Crippen LogP contribution in [0.1, 0.15) is 24.0 Å². The minimum atomic E-state index is -0.903. The summed E-state index contributed by atoms with van der Waals surface area (Å²) in [7, 11) is 5.28. The molecule has 0 aliphatic heterocycles. The quantitative estimate of drug-likeness (QED) is 0.888. The van der Waals surface area contributed by atoms with Crippen LogP contribution in [0.2, 0.25) is 0 Å². The second kappa shape index (κ2) is 4.61. The second-order valence-corrected chi connectivity index (χ2v) is 4.94. The number of aryl methyl sites for hydroxylation is 1. The van der Waals surface area contributed by atoms with E-state index in [1.165, 1.54) is 0 Å². The molecular formula is C14H19NO3. The minimum absolute atomic E-state index is 0.647. The van der Waals surface area contributed by atoms with Crippen molar-refractivity contribution in [2.24, 2.45) is 0 Å². The monoisotopic (exact) mass is 249 g/mol. The molecule has 1 atom stereocenters. The lowest BCUT2D eigenvalue weighted by atomic mass is 9.75. The van der Waals surface area contributed by atoms with Gasteiger partial charge in [0.1, 0.15) is 11.3 Å². The van der Waals surface area contributed by atoms with Crippen LogP contribution in [-0.2, 0) is 16.8 Å². The molecule has 1 N–H and O–H groups in total. The summed E-state index contributed by atoms with van der Waals surface area (Å²) in [5.74, 6) is 0.00677. The van der Waals surface area contributed by atoms with Crippen molar-refractivity contribution in [3.8, 4) is 5.75 Å². The van der Waals surface area contributed by atoms with Gasteiger partial charge < -0.3 is 9.84 Å². The molecule has 1 aliphatic rings. The number of nitrogens with zero attached hydrogens (tertiary/aromatic N) is 1. The van der Waals surface area contributed by atoms with Gasteiger partial charge in [-0.1, -0.05) is 6.07 Å². The summed E-state index contributed by atoms with van der Waals surface area (Å²) in [6.45, 7) is 0. The third kappa shape index (κ3) is 1.77. The summed E-state index contributed by atoms with van der Waals surface area (Å²) >= 11 is 0. The Kier molecular flexibility index (Phi) is 3.30. The van der Waals surface area contributed by atoms with E-state index in [4.69, 9.17) is 4.74 Å². The standard InChI is InChI=1S/C14H19NO3/c1-15(2)14(13(16)17)8-4-5-10-9-11(18-3)6-7-12(10)14/h6-7,9H,4-5,8H2,1-3H3,(H,16,17). The third-order valence-corrected chi connectivity index (χ3v) is 3.86. The molecule has 0 spiro atoms. The second-order valence-electron chi connectivity index (χ2n) is 4.94. The summed E-state index contributed by atoms with van der Waals surface area (Å²) in [5.41, 5.74) is 1.07. The SMILES string of the molecule is COc1ccc2c(c1)CCCC2(C(=O)O)N(C)C. The Bertz CT molecular complexity index is 470. The van der Waals surface area contributed by atoms with Gasteiger partial charge >= 0.3 is 5.97 Å². The fourth-order valence-corrected chi connectivity index (χ4v) is 2.85. The van der Waals surface area contributed by atoms with E-state index in [0.717, 1.165) is 29.7 Å². The minimum Gasteiger partial charge on any atom is -0.497 e. The normalized spacial score (nSPS) is 22.7. The summed E-state index contributed by atoms with van der Waals surface area (Å²) in [5, 5.41) is 9.66. The molecule has 0 amide bonds. The Hall–Kier alpha value is -1.55. The van der Waals surface area contributed by atoms with Crippen molar-refractivity contribution < 1.29 is 14.6 Å². The van der Waals surface area contributed by atoms with Gasteiger partial charge in [-0.15, -0.1) is 0 Å². The molecule has 1 aromatic rings. The number of methoxy groups -OCH3 is 1. The Morgan fingerprint density at radius 2 is 2.17 bits per heavy atom. The average molecular weight is 249 g/mol. The number of likely N-dealkylation sites (N-methyl/N-ethyl adjacent to an activating group) is 1. The van der Waals surface area contributed by atoms with E-state index in [9.17, 15) is 9.90 Å². The van der Waals surface area contributed by atoms with Crippen molar-refractivity contribution in [2.75, 3.05) is 21.2 Å². The van der Waals surface area contributed by atoms with Crippen LogP contribution >= 0.6 is 0 Å². The van der Waals surface area contributed by atoms with Gasteiger partial charge in [0.05, 0.1) is 7.11 Å². The highest BCUT2D eigenvalue weighted by atomic mass is 16.5. The summed E-state index contributed by atoms with van der Waals surface area (Å²) < 4.78 is 5.21. The lowest BCUT2D eigenvalue weighted by molar-refractivity contribution is -0.151. The van der Waals surface area contributed by atoms with E-state index in [1.54, 1.807) is 12.0 Å². The predicted octanol–water partition coefficient (Wildman–Crippen LogP) is 1.87. The van der Waals surface area contributed by atoms with E-state index in [0.29, 0.717) is 6.42 Å². The molecule has 0 aromatic heterocycles. The van der Waals surface area contributed by atoms with Gasteiger partial charge in [-0.2, -0.15) is 0 Å². The molecule has 0 fully saturated rings. The number of fused-ring (bicyclic) bond motifs is 1. The largest absolute Gasteiger partial charge is 0.497 e. The zero-order valence-corrected chi connectivity index (χ0v) is 11.1. The first kappa shape index (κ1) is 12.9. The highest BCUT2D eigenvalue weighted by molar-refractivity contribution is 5.82. The maximum absolute atomic E-state index is 11.8. The Labute approximate surface area is 107 Å². The molecule has 0 saturated heterocycles. The lowest BCUT2D eigenvalue weighted by Gasteiger charge is -2.40. The van der Waals surface area contributed by atoms with Gasteiger partial charge in [0, 0.05) is 0 Å². The molecular weight excluding hydrogens is 230 g/mol. The van der Waals surface area contributed by atoms with Crippen molar-refractivity contribution in [2.45, 2.75) is 24.8 Å². The molecule has 0 heterocycles. The first-order valence-corrected chi connectivity index (χ1v) is 6.10. The fourth-order valence-electron chi connectivity index (χ4n) is 2.85. The van der Waals surface area contributed by atoms with Crippen molar-refractivity contribution in [1.82, 2.24) is 4.90 Å². The van der Waals surface area contributed by atoms with E-state index in [1.807, 2.05) is 32.3 Å². The average Bonchev–Trinajstić information content (AvgIpc) is 2.36. The summed E-state index contributed by atoms with van der Waals surface area (Å²) in [6, 6.07) is 5.68. The molecule has 18 heavy (non-hydrogen) atoms. The van der Waals surface area contributed by atoms with Crippen LogP contribution in [0.3, 0.4) is 0 Å². The van der Waals surface area contributed by atoms with E-state index in [-0.39, 0.29) is 0 Å². The number of carbonyl (C=O) groups is 1. The topological polar surface area (TPSA) is 49.8 Å². The van der Waals surface area contributed by atoms with Gasteiger partial charge in [-0.25, -0.2) is 4.79 Å². The van der Waals surface area contributed by atoms with Crippen LogP contribution in [0, 0.1) is 0 Å². The maximum Gasteiger partial charge on any atom is 0.328 e. The first-order chi connectivity index (χ1) is 8.52. The molecule has 0 radical (unpaired) electrons. The van der Waals surface area contributed by atoms with Gasteiger partial charge in [0.25, 0.3) is 0 Å². The maximum atomic E-state index is 11.8. The van der Waals surface area contributed by atoms with Crippen molar-refractivity contribution in [3.05, 3.63) is 29.3 Å². The lowest BCUT2D eigenvalue weighted by Crippen LogP contribution is -2.50. The van der Waals surface area contributed by atoms with Crippen LogP contribution < -0.4 is 4.74 Å². The molecule has 4 nitrogen and oxygen atoms in total. The van der Waals surface area contributed by atoms with Crippen molar-refractivity contribution in [3.63, 3.8) is 0 Å². The molecule has 2 rings (SSSR count).